The highest BCUT2D eigenvalue weighted by Gasteiger charge is 2.15. The van der Waals surface area contributed by atoms with Crippen molar-refractivity contribution in [1.82, 2.24) is 0 Å². The van der Waals surface area contributed by atoms with Gasteiger partial charge in [-0.05, 0) is 49.9 Å². The molecule has 0 aliphatic rings. The zero-order valence-electron chi connectivity index (χ0n) is 19.2. The summed E-state index contributed by atoms with van der Waals surface area (Å²) in [5.74, 6) is 0.165. The summed E-state index contributed by atoms with van der Waals surface area (Å²) in [6, 6.07) is 11.3. The molecule has 0 bridgehead atoms. The van der Waals surface area contributed by atoms with Crippen LogP contribution in [-0.4, -0.2) is 13.6 Å². The summed E-state index contributed by atoms with van der Waals surface area (Å²) in [6.07, 6.45) is 5.78. The second kappa shape index (κ2) is 16.0. The first-order chi connectivity index (χ1) is 14.1. The molecule has 0 aromatic heterocycles. The number of nitrogens with one attached hydrogen (secondary N) is 1. The fourth-order valence-electron chi connectivity index (χ4n) is 3.01. The van der Waals surface area contributed by atoms with E-state index < -0.39 is 0 Å². The molecule has 2 aromatic rings. The van der Waals surface area contributed by atoms with Crippen molar-refractivity contribution in [3.8, 4) is 0 Å². The highest BCUT2D eigenvalue weighted by atomic mass is 35.5. The Labute approximate surface area is 182 Å². The van der Waals surface area contributed by atoms with Crippen molar-refractivity contribution in [3.05, 3.63) is 64.4 Å². The fraction of sp³-hybridized carbons (Fsp3) is 0.440. The van der Waals surface area contributed by atoms with E-state index in [1.807, 2.05) is 72.0 Å². The van der Waals surface area contributed by atoms with Gasteiger partial charge in [0.2, 0.25) is 0 Å². The number of nitrogens with two attached hydrogens (primary N) is 1. The third-order valence-corrected chi connectivity index (χ3v) is 4.63. The molecule has 1 unspecified atom stereocenters. The van der Waals surface area contributed by atoms with Gasteiger partial charge in [0.25, 0.3) is 0 Å². The van der Waals surface area contributed by atoms with Crippen LogP contribution >= 0.6 is 11.6 Å². The zero-order chi connectivity index (χ0) is 22.2. The van der Waals surface area contributed by atoms with Gasteiger partial charge in [-0.25, -0.2) is 4.39 Å². The molecule has 162 valence electrons. The lowest BCUT2D eigenvalue weighted by atomic mass is 9.91. The number of hydrogen-bond donors (Lipinski definition) is 2. The molecular formula is C25H39ClFN2+. The monoisotopic (exact) mass is 421 g/mol. The summed E-state index contributed by atoms with van der Waals surface area (Å²) in [5, 5.41) is 5.98. The van der Waals surface area contributed by atoms with Crippen LogP contribution < -0.4 is 10.6 Å². The van der Waals surface area contributed by atoms with Gasteiger partial charge in [-0.1, -0.05) is 64.4 Å². The van der Waals surface area contributed by atoms with Gasteiger partial charge in [-0.2, -0.15) is 0 Å². The molecule has 0 amide bonds. The first-order valence-electron chi connectivity index (χ1n) is 10.9. The van der Waals surface area contributed by atoms with Crippen molar-refractivity contribution in [2.45, 2.75) is 60.3 Å². The normalized spacial score (nSPS) is 11.2. The van der Waals surface area contributed by atoms with Crippen LogP contribution in [0.5, 0.6) is 0 Å². The molecule has 2 rings (SSSR count). The number of rotatable bonds is 8. The minimum Gasteiger partial charge on any atom is -0.385 e. The van der Waals surface area contributed by atoms with Crippen LogP contribution in [0.3, 0.4) is 0 Å². The van der Waals surface area contributed by atoms with Gasteiger partial charge in [0, 0.05) is 34.4 Å². The first-order valence-corrected chi connectivity index (χ1v) is 11.3. The lowest BCUT2D eigenvalue weighted by Crippen LogP contribution is -2.73. The first kappa shape index (κ1) is 27.2. The second-order valence-electron chi connectivity index (χ2n) is 6.07. The Bertz CT molecular complexity index is 729. The molecule has 0 radical (unpaired) electrons. The van der Waals surface area contributed by atoms with E-state index in [-0.39, 0.29) is 5.82 Å². The Morgan fingerprint density at radius 3 is 2.31 bits per heavy atom. The number of anilines is 1. The lowest BCUT2D eigenvalue weighted by molar-refractivity contribution is -0.540. The van der Waals surface area contributed by atoms with Crippen LogP contribution in [0.4, 0.5) is 15.8 Å². The maximum absolute atomic E-state index is 14.2. The highest BCUT2D eigenvalue weighted by Crippen LogP contribution is 2.30. The molecule has 4 heteroatoms. The van der Waals surface area contributed by atoms with E-state index in [9.17, 15) is 4.39 Å². The summed E-state index contributed by atoms with van der Waals surface area (Å²) in [5.41, 5.74) is 3.89. The molecule has 1 atom stereocenters. The predicted molar refractivity (Wildman–Crippen MR) is 129 cm³/mol. The van der Waals surface area contributed by atoms with Crippen LogP contribution in [0.2, 0.25) is 5.02 Å². The van der Waals surface area contributed by atoms with Gasteiger partial charge in [0.05, 0.1) is 7.05 Å². The van der Waals surface area contributed by atoms with Crippen molar-refractivity contribution in [1.29, 1.82) is 0 Å². The molecule has 0 aliphatic carbocycles. The molecule has 2 aromatic carbocycles. The number of halogens is 2. The van der Waals surface area contributed by atoms with E-state index in [0.29, 0.717) is 11.5 Å². The molecule has 2 nitrogen and oxygen atoms in total. The quantitative estimate of drug-likeness (QED) is 0.427. The van der Waals surface area contributed by atoms with Gasteiger partial charge in [-0.15, -0.1) is 0 Å². The summed E-state index contributed by atoms with van der Waals surface area (Å²) >= 11 is 6.18. The second-order valence-corrected chi connectivity index (χ2v) is 6.51. The van der Waals surface area contributed by atoms with Gasteiger partial charge in [0.1, 0.15) is 11.5 Å². The molecule has 29 heavy (non-hydrogen) atoms. The van der Waals surface area contributed by atoms with E-state index in [0.717, 1.165) is 30.1 Å². The van der Waals surface area contributed by atoms with Crippen LogP contribution in [0.1, 0.15) is 71.4 Å². The van der Waals surface area contributed by atoms with Crippen molar-refractivity contribution >= 4 is 29.1 Å². The van der Waals surface area contributed by atoms with E-state index >= 15 is 0 Å². The average Bonchev–Trinajstić information content (AvgIpc) is 2.75. The molecule has 3 N–H and O–H groups in total. The van der Waals surface area contributed by atoms with Gasteiger partial charge in [0.15, 0.2) is 0 Å². The van der Waals surface area contributed by atoms with Gasteiger partial charge < -0.3 is 10.6 Å². The van der Waals surface area contributed by atoms with E-state index in [1.165, 1.54) is 11.3 Å². The van der Waals surface area contributed by atoms with Crippen LogP contribution in [0, 0.1) is 5.82 Å². The largest absolute Gasteiger partial charge is 0.385 e. The summed E-state index contributed by atoms with van der Waals surface area (Å²) in [7, 11) is 2.04. The van der Waals surface area contributed by atoms with Gasteiger partial charge >= 0.3 is 0 Å². The third-order valence-electron chi connectivity index (χ3n) is 4.39. The average molecular weight is 422 g/mol. The van der Waals surface area contributed by atoms with Crippen molar-refractivity contribution in [3.63, 3.8) is 0 Å². The van der Waals surface area contributed by atoms with E-state index in [1.54, 1.807) is 6.07 Å². The van der Waals surface area contributed by atoms with Crippen molar-refractivity contribution in [2.24, 2.45) is 0 Å². The fourth-order valence-corrected chi connectivity index (χ4v) is 3.19. The Hall–Kier alpha value is -1.84. The Morgan fingerprint density at radius 1 is 1.07 bits per heavy atom. The summed E-state index contributed by atoms with van der Waals surface area (Å²) in [4.78, 5) is 0. The van der Waals surface area contributed by atoms with Crippen molar-refractivity contribution < 1.29 is 9.71 Å². The van der Waals surface area contributed by atoms with Crippen LogP contribution in [0.15, 0.2) is 42.5 Å². The van der Waals surface area contributed by atoms with Crippen LogP contribution in [-0.2, 0) is 0 Å². The third kappa shape index (κ3) is 9.01. The maximum atomic E-state index is 14.2. The maximum Gasteiger partial charge on any atom is 0.132 e. The standard InChI is InChI=1S/C21H26ClFN2.2C2H6/c1-4-15(19-13-17(22)10-12-21(19)24-3)7-6-8-16-9-11-18(25-5-2)14-20(16)23;2*1-2/h6,8-15,24-25H,4-5,7H2,1-3H3;2*1-2H3/p+1/b8-6+;;. The van der Waals surface area contributed by atoms with Crippen LogP contribution in [0.25, 0.3) is 6.08 Å². The van der Waals surface area contributed by atoms with E-state index in [2.05, 4.69) is 29.7 Å². The van der Waals surface area contributed by atoms with Crippen molar-refractivity contribution in [2.75, 3.05) is 18.9 Å². The molecule has 0 saturated carbocycles. The minimum absolute atomic E-state index is 0.201. The number of quaternary nitrogens is 1. The highest BCUT2D eigenvalue weighted by molar-refractivity contribution is 6.30. The molecule has 0 heterocycles. The molecule has 0 aliphatic heterocycles. The lowest BCUT2D eigenvalue weighted by Gasteiger charge is -2.15. The topological polar surface area (TPSA) is 28.6 Å². The number of benzene rings is 2. The van der Waals surface area contributed by atoms with Gasteiger partial charge in [-0.3, -0.25) is 0 Å². The van der Waals surface area contributed by atoms with E-state index in [4.69, 9.17) is 11.6 Å². The molecular weight excluding hydrogens is 383 g/mol. The summed E-state index contributed by atoms with van der Waals surface area (Å²) < 4.78 is 14.2. The number of allylic oxidation sites excluding steroid dienone is 1. The zero-order valence-corrected chi connectivity index (χ0v) is 19.9. The Kier molecular flexibility index (Phi) is 15.0. The molecule has 0 fully saturated rings. The number of hydrogen-bond acceptors (Lipinski definition) is 1. The predicted octanol–water partition coefficient (Wildman–Crippen LogP) is 7.39. The molecule has 0 spiro atoms. The smallest absolute Gasteiger partial charge is 0.132 e. The Balaban J connectivity index is 0.00000184. The minimum atomic E-state index is -0.201. The Morgan fingerprint density at radius 2 is 1.76 bits per heavy atom. The molecule has 0 saturated heterocycles. The summed E-state index contributed by atoms with van der Waals surface area (Å²) in [6.45, 7) is 12.9. The SMILES string of the molecule is CC.CC.CCNc1ccc(/C=C/CC(CC)c2cc(Cl)ccc2[NH2+]C)c(F)c1.